The van der Waals surface area contributed by atoms with E-state index in [4.69, 9.17) is 9.15 Å². The van der Waals surface area contributed by atoms with Crippen molar-refractivity contribution in [2.45, 2.75) is 9.79 Å². The van der Waals surface area contributed by atoms with Crippen LogP contribution in [-0.4, -0.2) is 5.97 Å². The number of rotatable bonds is 4. The number of hydrogen-bond acceptors (Lipinski definition) is 7. The third-order valence-corrected chi connectivity index (χ3v) is 5.74. The van der Waals surface area contributed by atoms with Crippen LogP contribution >= 0.6 is 35.1 Å². The van der Waals surface area contributed by atoms with Crippen LogP contribution in [0.3, 0.4) is 0 Å². The molecule has 0 radical (unpaired) electrons. The molecule has 0 fully saturated rings. The van der Waals surface area contributed by atoms with Crippen LogP contribution in [0.25, 0.3) is 22.5 Å². The van der Waals surface area contributed by atoms with Gasteiger partial charge >= 0.3 is 11.6 Å². The molecule has 1 aliphatic carbocycles. The van der Waals surface area contributed by atoms with E-state index in [9.17, 15) is 9.59 Å². The Labute approximate surface area is 181 Å². The fourth-order valence-electron chi connectivity index (χ4n) is 2.93. The molecule has 0 amide bonds. The number of fused-ring (bicyclic) bond motifs is 1. The van der Waals surface area contributed by atoms with Crippen LogP contribution in [0.5, 0.6) is 5.75 Å². The second-order valence-electron chi connectivity index (χ2n) is 6.14. The molecule has 0 bridgehead atoms. The summed E-state index contributed by atoms with van der Waals surface area (Å²) in [6.07, 6.45) is 0. The van der Waals surface area contributed by atoms with Crippen molar-refractivity contribution in [2.75, 3.05) is 0 Å². The first-order valence-corrected chi connectivity index (χ1v) is 10.9. The van der Waals surface area contributed by atoms with Gasteiger partial charge in [-0.25, -0.2) is 9.59 Å². The van der Waals surface area contributed by atoms with Crippen LogP contribution in [0.15, 0.2) is 91.8 Å². The molecule has 2 aromatic carbocycles. The van der Waals surface area contributed by atoms with Gasteiger partial charge < -0.3 is 9.15 Å². The number of esters is 1. The van der Waals surface area contributed by atoms with Crippen molar-refractivity contribution in [3.63, 3.8) is 0 Å². The fraction of sp³-hybridized carbons (Fsp3) is 0. The molecule has 0 saturated carbocycles. The van der Waals surface area contributed by atoms with Crippen LogP contribution < -0.4 is 10.4 Å². The summed E-state index contributed by atoms with van der Waals surface area (Å²) < 4.78 is 11.1. The summed E-state index contributed by atoms with van der Waals surface area (Å²) in [4.78, 5) is 26.4. The van der Waals surface area contributed by atoms with E-state index in [-0.39, 0.29) is 5.75 Å². The molecule has 2 aliphatic rings. The predicted molar refractivity (Wildman–Crippen MR) is 121 cm³/mol. The van der Waals surface area contributed by atoms with Crippen molar-refractivity contribution in [2.24, 2.45) is 0 Å². The Morgan fingerprint density at radius 2 is 1.69 bits per heavy atom. The molecule has 0 spiro atoms. The van der Waals surface area contributed by atoms with Gasteiger partial charge in [-0.3, -0.25) is 0 Å². The maximum Gasteiger partial charge on any atom is 0.344 e. The molecule has 4 nitrogen and oxygen atoms in total. The van der Waals surface area contributed by atoms with Crippen molar-refractivity contribution >= 4 is 41.1 Å². The van der Waals surface area contributed by atoms with E-state index in [1.165, 1.54) is 0 Å². The second kappa shape index (κ2) is 8.41. The molecule has 1 aliphatic heterocycles. The van der Waals surface area contributed by atoms with Crippen LogP contribution in [-0.2, 0) is 0 Å². The van der Waals surface area contributed by atoms with E-state index < -0.39 is 11.6 Å². The number of ether oxygens (including phenoxy) is 1. The fourth-order valence-corrected chi connectivity index (χ4v) is 3.85. The lowest BCUT2D eigenvalue weighted by Crippen LogP contribution is -2.08. The minimum Gasteiger partial charge on any atom is -0.422 e. The molecule has 0 saturated heterocycles. The Hall–Kier alpha value is -2.61. The lowest BCUT2D eigenvalue weighted by Gasteiger charge is -2.06. The van der Waals surface area contributed by atoms with E-state index in [0.717, 1.165) is 21.3 Å². The molecular formula is C22H14O4S3. The minimum atomic E-state index is -0.529. The van der Waals surface area contributed by atoms with Crippen LogP contribution in [0.2, 0.25) is 0 Å². The quantitative estimate of drug-likeness (QED) is 0.238. The van der Waals surface area contributed by atoms with Gasteiger partial charge in [0, 0.05) is 16.5 Å². The molecule has 0 N–H and O–H groups in total. The number of hydrogen-bond donors (Lipinski definition) is 2. The van der Waals surface area contributed by atoms with Crippen molar-refractivity contribution < 1.29 is 13.9 Å². The highest BCUT2D eigenvalue weighted by atomic mass is 33.1. The Bertz CT molecular complexity index is 1200. The Morgan fingerprint density at radius 1 is 0.966 bits per heavy atom. The van der Waals surface area contributed by atoms with Gasteiger partial charge in [0.05, 0.1) is 16.0 Å². The highest BCUT2D eigenvalue weighted by Gasteiger charge is 2.21. The van der Waals surface area contributed by atoms with Gasteiger partial charge in [-0.1, -0.05) is 41.1 Å². The van der Waals surface area contributed by atoms with Gasteiger partial charge in [0.1, 0.15) is 11.5 Å². The van der Waals surface area contributed by atoms with E-state index in [1.54, 1.807) is 42.5 Å². The highest BCUT2D eigenvalue weighted by molar-refractivity contribution is 8.68. The lowest BCUT2D eigenvalue weighted by molar-refractivity contribution is 0.0730. The van der Waals surface area contributed by atoms with Crippen molar-refractivity contribution in [3.8, 4) is 28.2 Å². The summed E-state index contributed by atoms with van der Waals surface area (Å²) in [5.41, 5.74) is 1.79. The molecule has 2 aromatic rings. The van der Waals surface area contributed by atoms with Gasteiger partial charge in [-0.05, 0) is 42.0 Å². The summed E-state index contributed by atoms with van der Waals surface area (Å²) in [5, 5.41) is 0. The van der Waals surface area contributed by atoms with E-state index in [0.29, 0.717) is 27.3 Å². The maximum atomic E-state index is 12.6. The molecule has 29 heavy (non-hydrogen) atoms. The van der Waals surface area contributed by atoms with Crippen molar-refractivity contribution in [1.29, 1.82) is 0 Å². The predicted octanol–water partition coefficient (Wildman–Crippen LogP) is 5.86. The van der Waals surface area contributed by atoms with Crippen molar-refractivity contribution in [1.82, 2.24) is 0 Å². The molecule has 144 valence electrons. The zero-order chi connectivity index (χ0) is 20.4. The zero-order valence-corrected chi connectivity index (χ0v) is 17.5. The van der Waals surface area contributed by atoms with Crippen LogP contribution in [0.4, 0.5) is 0 Å². The smallest absolute Gasteiger partial charge is 0.344 e. The maximum absolute atomic E-state index is 12.6. The highest BCUT2D eigenvalue weighted by Crippen LogP contribution is 2.38. The van der Waals surface area contributed by atoms with E-state index in [1.807, 2.05) is 30.3 Å². The number of furan rings is 1. The molecule has 4 rings (SSSR count). The number of benzene rings is 2. The normalized spacial score (nSPS) is 10.8. The summed E-state index contributed by atoms with van der Waals surface area (Å²) in [6.45, 7) is 0. The molecule has 7 heteroatoms. The molecule has 0 aromatic heterocycles. The third kappa shape index (κ3) is 4.07. The molecule has 0 unspecified atom stereocenters. The SMILES string of the molecule is O=C(Oc1cc2oc(=O)c(-c3ccccc3)c-2ccc1SS)c1ccc(S)cc1. The minimum absolute atomic E-state index is 0.258. The standard InChI is InChI=1S/C22H14O4S3/c23-21(14-6-8-15(27)9-7-14)26-18-12-17-16(10-11-19(18)29-28)20(22(24)25-17)13-4-2-1-3-5-13/h1-12,27-28H. The second-order valence-corrected chi connectivity index (χ2v) is 7.83. The monoisotopic (exact) mass is 438 g/mol. The Morgan fingerprint density at radius 3 is 2.38 bits per heavy atom. The Kier molecular flexibility index (Phi) is 5.71. The average molecular weight is 439 g/mol. The van der Waals surface area contributed by atoms with Gasteiger partial charge in [0.25, 0.3) is 0 Å². The third-order valence-electron chi connectivity index (χ3n) is 4.31. The average Bonchev–Trinajstić information content (AvgIpc) is 2.94. The number of thiol groups is 2. The number of carbonyl (C=O) groups excluding carboxylic acids is 1. The van der Waals surface area contributed by atoms with E-state index in [2.05, 4.69) is 24.3 Å². The first-order chi connectivity index (χ1) is 14.1. The topological polar surface area (TPSA) is 56.5 Å². The lowest BCUT2D eigenvalue weighted by atomic mass is 10.0. The zero-order valence-electron chi connectivity index (χ0n) is 14.9. The largest absolute Gasteiger partial charge is 0.422 e. The Balaban J connectivity index is 1.77. The summed E-state index contributed by atoms with van der Waals surface area (Å²) in [6, 6.07) is 21.0. The molecule has 1 heterocycles. The summed E-state index contributed by atoms with van der Waals surface area (Å²) in [7, 11) is 1.13. The van der Waals surface area contributed by atoms with Gasteiger partial charge in [0.2, 0.25) is 0 Å². The van der Waals surface area contributed by atoms with Gasteiger partial charge in [-0.15, -0.1) is 24.3 Å². The van der Waals surface area contributed by atoms with Crippen LogP contribution in [0.1, 0.15) is 10.4 Å². The molecule has 0 atom stereocenters. The van der Waals surface area contributed by atoms with Crippen molar-refractivity contribution in [3.05, 3.63) is 88.8 Å². The van der Waals surface area contributed by atoms with Crippen LogP contribution in [0, 0.1) is 0 Å². The summed E-state index contributed by atoms with van der Waals surface area (Å²) in [5.74, 6) is 0.0582. The number of carbonyl (C=O) groups is 1. The van der Waals surface area contributed by atoms with Gasteiger partial charge in [0.15, 0.2) is 0 Å². The first-order valence-electron chi connectivity index (χ1n) is 8.56. The van der Waals surface area contributed by atoms with Gasteiger partial charge in [-0.2, -0.15) is 0 Å². The van der Waals surface area contributed by atoms with E-state index >= 15 is 0 Å². The summed E-state index contributed by atoms with van der Waals surface area (Å²) >= 11 is 8.48. The molecular weight excluding hydrogens is 424 g/mol. The first kappa shape index (κ1) is 19.7.